The molecule has 1 aromatic heterocycles. The third-order valence-corrected chi connectivity index (χ3v) is 2.92. The molecule has 0 atom stereocenters. The molecule has 1 aliphatic rings. The molecule has 18 heavy (non-hydrogen) atoms. The van der Waals surface area contributed by atoms with Crippen LogP contribution in [0, 0.1) is 0 Å². The third kappa shape index (κ3) is 2.19. The molecule has 2 heterocycles. The number of rotatable bonds is 4. The fourth-order valence-corrected chi connectivity index (χ4v) is 2.05. The fourth-order valence-electron chi connectivity index (χ4n) is 2.05. The number of fused-ring (bicyclic) bond motifs is 1. The van der Waals surface area contributed by atoms with Gasteiger partial charge >= 0.3 is 0 Å². The first-order valence-corrected chi connectivity index (χ1v) is 6.01. The second kappa shape index (κ2) is 4.74. The highest BCUT2D eigenvalue weighted by molar-refractivity contribution is 5.45. The molecule has 0 aliphatic carbocycles. The molecule has 0 spiro atoms. The standard InChI is InChI=1S/C14H15NO3/c15-6-5-11-2-3-12(18-11)7-10-1-4-13-14(8-10)17-9-16-13/h1-4,8H,5-7,9,15H2. The summed E-state index contributed by atoms with van der Waals surface area (Å²) in [6.45, 7) is 0.914. The van der Waals surface area contributed by atoms with Gasteiger partial charge < -0.3 is 19.6 Å². The number of hydrogen-bond acceptors (Lipinski definition) is 4. The summed E-state index contributed by atoms with van der Waals surface area (Å²) in [5.74, 6) is 3.49. The zero-order chi connectivity index (χ0) is 12.4. The first kappa shape index (κ1) is 11.2. The van der Waals surface area contributed by atoms with E-state index in [4.69, 9.17) is 19.6 Å². The quantitative estimate of drug-likeness (QED) is 0.896. The molecule has 0 unspecified atom stereocenters. The highest BCUT2D eigenvalue weighted by Crippen LogP contribution is 2.33. The van der Waals surface area contributed by atoms with Gasteiger partial charge in [-0.1, -0.05) is 6.07 Å². The van der Waals surface area contributed by atoms with Crippen molar-refractivity contribution in [1.82, 2.24) is 0 Å². The van der Waals surface area contributed by atoms with Crippen LogP contribution in [0.25, 0.3) is 0 Å². The van der Waals surface area contributed by atoms with Crippen molar-refractivity contribution in [3.8, 4) is 11.5 Å². The normalized spacial score (nSPS) is 12.9. The van der Waals surface area contributed by atoms with Gasteiger partial charge in [-0.2, -0.15) is 0 Å². The van der Waals surface area contributed by atoms with Gasteiger partial charge in [0, 0.05) is 12.8 Å². The second-order valence-corrected chi connectivity index (χ2v) is 4.27. The Balaban J connectivity index is 1.75. The summed E-state index contributed by atoms with van der Waals surface area (Å²) >= 11 is 0. The minimum Gasteiger partial charge on any atom is -0.466 e. The number of nitrogens with two attached hydrogens (primary N) is 1. The number of furan rings is 1. The molecule has 0 saturated heterocycles. The molecule has 0 radical (unpaired) electrons. The van der Waals surface area contributed by atoms with Crippen molar-refractivity contribution in [2.24, 2.45) is 5.73 Å². The minimum atomic E-state index is 0.306. The van der Waals surface area contributed by atoms with Crippen LogP contribution in [0.4, 0.5) is 0 Å². The van der Waals surface area contributed by atoms with Crippen molar-refractivity contribution in [2.45, 2.75) is 12.8 Å². The smallest absolute Gasteiger partial charge is 0.231 e. The molecule has 4 nitrogen and oxygen atoms in total. The molecule has 0 fully saturated rings. The van der Waals surface area contributed by atoms with E-state index in [9.17, 15) is 0 Å². The van der Waals surface area contributed by atoms with Crippen molar-refractivity contribution < 1.29 is 13.9 Å². The summed E-state index contributed by atoms with van der Waals surface area (Å²) in [5, 5.41) is 0. The van der Waals surface area contributed by atoms with Crippen molar-refractivity contribution in [2.75, 3.05) is 13.3 Å². The first-order valence-electron chi connectivity index (χ1n) is 6.01. The Hall–Kier alpha value is -1.94. The number of ether oxygens (including phenoxy) is 2. The fraction of sp³-hybridized carbons (Fsp3) is 0.286. The van der Waals surface area contributed by atoms with E-state index in [-0.39, 0.29) is 0 Å². The van der Waals surface area contributed by atoms with Gasteiger partial charge in [-0.3, -0.25) is 0 Å². The van der Waals surface area contributed by atoms with Crippen LogP contribution >= 0.6 is 0 Å². The summed E-state index contributed by atoms with van der Waals surface area (Å²) in [6.07, 6.45) is 1.53. The van der Waals surface area contributed by atoms with Crippen molar-refractivity contribution in [3.63, 3.8) is 0 Å². The zero-order valence-corrected chi connectivity index (χ0v) is 10.0. The molecule has 2 N–H and O–H groups in total. The maximum Gasteiger partial charge on any atom is 0.231 e. The molecule has 4 heteroatoms. The van der Waals surface area contributed by atoms with Crippen LogP contribution in [0.3, 0.4) is 0 Å². The Kier molecular flexibility index (Phi) is 2.94. The molecular weight excluding hydrogens is 230 g/mol. The van der Waals surface area contributed by atoms with Gasteiger partial charge in [-0.15, -0.1) is 0 Å². The Labute approximate surface area is 105 Å². The average Bonchev–Trinajstić information content (AvgIpc) is 2.98. The van der Waals surface area contributed by atoms with Crippen LogP contribution in [0.5, 0.6) is 11.5 Å². The van der Waals surface area contributed by atoms with Gasteiger partial charge in [0.25, 0.3) is 0 Å². The monoisotopic (exact) mass is 245 g/mol. The van der Waals surface area contributed by atoms with Crippen LogP contribution in [-0.2, 0) is 12.8 Å². The predicted molar refractivity (Wildman–Crippen MR) is 66.8 cm³/mol. The Bertz CT molecular complexity index is 548. The largest absolute Gasteiger partial charge is 0.466 e. The molecule has 94 valence electrons. The molecule has 3 rings (SSSR count). The molecular formula is C14H15NO3. The molecule has 0 amide bonds. The van der Waals surface area contributed by atoms with Crippen molar-refractivity contribution in [3.05, 3.63) is 47.4 Å². The van der Waals surface area contributed by atoms with E-state index >= 15 is 0 Å². The summed E-state index contributed by atoms with van der Waals surface area (Å²) in [5.41, 5.74) is 6.64. The lowest BCUT2D eigenvalue weighted by Crippen LogP contribution is -2.01. The van der Waals surface area contributed by atoms with Crippen LogP contribution < -0.4 is 15.2 Å². The summed E-state index contributed by atoms with van der Waals surface area (Å²) in [6, 6.07) is 9.93. The van der Waals surface area contributed by atoms with Crippen LogP contribution in [-0.4, -0.2) is 13.3 Å². The summed E-state index contributed by atoms with van der Waals surface area (Å²) < 4.78 is 16.3. The van der Waals surface area contributed by atoms with E-state index in [1.165, 1.54) is 0 Å². The third-order valence-electron chi connectivity index (χ3n) is 2.92. The molecule has 1 aliphatic heterocycles. The first-order chi connectivity index (χ1) is 8.85. The molecule has 1 aromatic carbocycles. The zero-order valence-electron chi connectivity index (χ0n) is 10.0. The Morgan fingerprint density at radius 3 is 2.72 bits per heavy atom. The molecule has 2 aromatic rings. The van der Waals surface area contributed by atoms with Gasteiger partial charge in [-0.25, -0.2) is 0 Å². The van der Waals surface area contributed by atoms with Crippen LogP contribution in [0.2, 0.25) is 0 Å². The summed E-state index contributed by atoms with van der Waals surface area (Å²) in [4.78, 5) is 0. The average molecular weight is 245 g/mol. The maximum absolute atomic E-state index is 5.70. The second-order valence-electron chi connectivity index (χ2n) is 4.27. The van der Waals surface area contributed by atoms with E-state index < -0.39 is 0 Å². The van der Waals surface area contributed by atoms with Gasteiger partial charge in [-0.05, 0) is 36.4 Å². The lowest BCUT2D eigenvalue weighted by Gasteiger charge is -2.01. The van der Waals surface area contributed by atoms with Crippen LogP contribution in [0.15, 0.2) is 34.7 Å². The highest BCUT2D eigenvalue weighted by Gasteiger charge is 2.13. The SMILES string of the molecule is NCCc1ccc(Cc2ccc3c(c2)OCO3)o1. The van der Waals surface area contributed by atoms with Crippen LogP contribution in [0.1, 0.15) is 17.1 Å². The van der Waals surface area contributed by atoms with Gasteiger partial charge in [0.1, 0.15) is 11.5 Å². The van der Waals surface area contributed by atoms with E-state index in [2.05, 4.69) is 0 Å². The number of benzene rings is 1. The van der Waals surface area contributed by atoms with E-state index in [0.29, 0.717) is 13.3 Å². The van der Waals surface area contributed by atoms with Gasteiger partial charge in [0.05, 0.1) is 0 Å². The van der Waals surface area contributed by atoms with Crippen molar-refractivity contribution in [1.29, 1.82) is 0 Å². The topological polar surface area (TPSA) is 57.6 Å². The number of hydrogen-bond donors (Lipinski definition) is 1. The molecule has 0 saturated carbocycles. The summed E-state index contributed by atoms with van der Waals surface area (Å²) in [7, 11) is 0. The lowest BCUT2D eigenvalue weighted by atomic mass is 10.1. The highest BCUT2D eigenvalue weighted by atomic mass is 16.7. The van der Waals surface area contributed by atoms with E-state index in [1.54, 1.807) is 0 Å². The Morgan fingerprint density at radius 1 is 1.00 bits per heavy atom. The van der Waals surface area contributed by atoms with Gasteiger partial charge in [0.15, 0.2) is 11.5 Å². The maximum atomic E-state index is 5.70. The predicted octanol–water partition coefficient (Wildman–Crippen LogP) is 2.10. The lowest BCUT2D eigenvalue weighted by molar-refractivity contribution is 0.174. The minimum absolute atomic E-state index is 0.306. The van der Waals surface area contributed by atoms with E-state index in [1.807, 2.05) is 30.3 Å². The van der Waals surface area contributed by atoms with Crippen molar-refractivity contribution >= 4 is 0 Å². The Morgan fingerprint density at radius 2 is 1.83 bits per heavy atom. The van der Waals surface area contributed by atoms with Gasteiger partial charge in [0.2, 0.25) is 6.79 Å². The molecule has 0 bridgehead atoms. The van der Waals surface area contributed by atoms with E-state index in [0.717, 1.165) is 41.4 Å².